The van der Waals surface area contributed by atoms with Gasteiger partial charge in [0.15, 0.2) is 5.96 Å². The van der Waals surface area contributed by atoms with Gasteiger partial charge in [-0.2, -0.15) is 4.98 Å². The van der Waals surface area contributed by atoms with Crippen molar-refractivity contribution in [2.75, 3.05) is 25.5 Å². The fraction of sp³-hybridized carbons (Fsp3) is 0.316. The zero-order valence-corrected chi connectivity index (χ0v) is 16.0. The summed E-state index contributed by atoms with van der Waals surface area (Å²) in [4.78, 5) is 19.5. The van der Waals surface area contributed by atoms with Gasteiger partial charge in [-0.25, -0.2) is 4.79 Å². The number of nitrogens with one attached hydrogen (secondary N) is 5. The van der Waals surface area contributed by atoms with Crippen molar-refractivity contribution in [3.05, 3.63) is 52.6 Å². The monoisotopic (exact) mass is 382 g/mol. The van der Waals surface area contributed by atoms with Gasteiger partial charge in [-0.05, 0) is 43.7 Å². The molecule has 1 aromatic carbocycles. The van der Waals surface area contributed by atoms with E-state index in [1.807, 2.05) is 37.4 Å². The molecule has 0 saturated heterocycles. The molecule has 0 fully saturated rings. The van der Waals surface area contributed by atoms with Gasteiger partial charge in [0.25, 0.3) is 0 Å². The molecule has 2 aromatic heterocycles. The van der Waals surface area contributed by atoms with Gasteiger partial charge in [0.1, 0.15) is 11.5 Å². The number of aromatic nitrogens is 3. The van der Waals surface area contributed by atoms with E-state index in [9.17, 15) is 4.79 Å². The maximum Gasteiger partial charge on any atom is 0.354 e. The minimum absolute atomic E-state index is 0.00613. The summed E-state index contributed by atoms with van der Waals surface area (Å²) < 4.78 is 1.55. The van der Waals surface area contributed by atoms with Crippen molar-refractivity contribution in [2.24, 2.45) is 5.73 Å². The first-order valence-electron chi connectivity index (χ1n) is 9.19. The van der Waals surface area contributed by atoms with Crippen LogP contribution in [0.3, 0.4) is 0 Å². The Morgan fingerprint density at radius 3 is 2.75 bits per heavy atom. The molecule has 0 aliphatic carbocycles. The number of guanidine groups is 1. The molecule has 3 aromatic rings. The fourth-order valence-corrected chi connectivity index (χ4v) is 2.99. The first kappa shape index (κ1) is 19.4. The largest absolute Gasteiger partial charge is 0.375 e. The van der Waals surface area contributed by atoms with Crippen LogP contribution in [0.1, 0.15) is 24.9 Å². The van der Waals surface area contributed by atoms with E-state index in [0.29, 0.717) is 12.2 Å². The Balaban J connectivity index is 1.68. The lowest BCUT2D eigenvalue weighted by Gasteiger charge is -2.15. The Morgan fingerprint density at radius 1 is 1.32 bits per heavy atom. The van der Waals surface area contributed by atoms with Gasteiger partial charge in [0.05, 0.1) is 5.69 Å². The normalized spacial score (nSPS) is 12.1. The van der Waals surface area contributed by atoms with E-state index in [1.54, 1.807) is 10.8 Å². The predicted octanol–water partition coefficient (Wildman–Crippen LogP) is 1.28. The predicted molar refractivity (Wildman–Crippen MR) is 112 cm³/mol. The summed E-state index contributed by atoms with van der Waals surface area (Å²) in [5.41, 5.74) is 7.40. The molecule has 9 nitrogen and oxygen atoms in total. The lowest BCUT2D eigenvalue weighted by atomic mass is 10.1. The van der Waals surface area contributed by atoms with Crippen LogP contribution in [0.4, 0.5) is 5.82 Å². The second-order valence-electron chi connectivity index (χ2n) is 6.59. The van der Waals surface area contributed by atoms with Crippen molar-refractivity contribution in [2.45, 2.75) is 19.4 Å². The third-order valence-corrected chi connectivity index (χ3v) is 4.57. The molecule has 2 heterocycles. The van der Waals surface area contributed by atoms with Gasteiger partial charge in [-0.3, -0.25) is 9.98 Å². The van der Waals surface area contributed by atoms with Crippen molar-refractivity contribution < 1.29 is 0 Å². The van der Waals surface area contributed by atoms with E-state index >= 15 is 0 Å². The Kier molecular flexibility index (Phi) is 5.95. The van der Waals surface area contributed by atoms with E-state index in [2.05, 4.69) is 32.8 Å². The molecule has 0 spiro atoms. The van der Waals surface area contributed by atoms with Crippen LogP contribution < -0.4 is 27.4 Å². The average Bonchev–Trinajstić information content (AvgIpc) is 3.08. The highest BCUT2D eigenvalue weighted by Crippen LogP contribution is 2.18. The van der Waals surface area contributed by atoms with Crippen molar-refractivity contribution in [1.82, 2.24) is 25.2 Å². The van der Waals surface area contributed by atoms with E-state index < -0.39 is 0 Å². The molecule has 0 bridgehead atoms. The maximum absolute atomic E-state index is 12.4. The highest BCUT2D eigenvalue weighted by molar-refractivity contribution is 5.79. The first-order valence-corrected chi connectivity index (χ1v) is 9.19. The molecule has 28 heavy (non-hydrogen) atoms. The van der Waals surface area contributed by atoms with Gasteiger partial charge in [0, 0.05) is 31.2 Å². The number of anilines is 1. The number of rotatable bonds is 8. The van der Waals surface area contributed by atoms with Crippen molar-refractivity contribution in [3.63, 3.8) is 0 Å². The molecule has 7 N–H and O–H groups in total. The van der Waals surface area contributed by atoms with E-state index in [0.717, 1.165) is 35.4 Å². The molecule has 0 saturated carbocycles. The Bertz CT molecular complexity index is 1000. The van der Waals surface area contributed by atoms with Gasteiger partial charge < -0.3 is 26.7 Å². The van der Waals surface area contributed by atoms with E-state index in [1.165, 1.54) is 0 Å². The topological polar surface area (TPSA) is 137 Å². The smallest absolute Gasteiger partial charge is 0.354 e. The maximum atomic E-state index is 12.4. The summed E-state index contributed by atoms with van der Waals surface area (Å²) >= 11 is 0. The third kappa shape index (κ3) is 4.49. The van der Waals surface area contributed by atoms with Crippen molar-refractivity contribution in [1.29, 1.82) is 5.41 Å². The van der Waals surface area contributed by atoms with Crippen LogP contribution >= 0.6 is 0 Å². The van der Waals surface area contributed by atoms with Crippen molar-refractivity contribution >= 4 is 22.8 Å². The van der Waals surface area contributed by atoms with Gasteiger partial charge >= 0.3 is 5.69 Å². The molecule has 0 aliphatic rings. The van der Waals surface area contributed by atoms with Gasteiger partial charge in [-0.1, -0.05) is 12.1 Å². The molecule has 0 unspecified atom stereocenters. The van der Waals surface area contributed by atoms with Crippen LogP contribution in [0.5, 0.6) is 0 Å². The van der Waals surface area contributed by atoms with Gasteiger partial charge in [-0.15, -0.1) is 0 Å². The van der Waals surface area contributed by atoms with Gasteiger partial charge in [0.2, 0.25) is 0 Å². The molecule has 0 aliphatic heterocycles. The molecule has 0 amide bonds. The van der Waals surface area contributed by atoms with Crippen LogP contribution in [0.25, 0.3) is 16.7 Å². The lowest BCUT2D eigenvalue weighted by molar-refractivity contribution is 0.555. The molecule has 9 heteroatoms. The van der Waals surface area contributed by atoms with E-state index in [-0.39, 0.29) is 17.7 Å². The molecular weight excluding hydrogens is 356 g/mol. The second-order valence-corrected chi connectivity index (χ2v) is 6.59. The zero-order valence-electron chi connectivity index (χ0n) is 16.0. The Morgan fingerprint density at radius 2 is 2.07 bits per heavy atom. The molecule has 1 atom stereocenters. The quantitative estimate of drug-likeness (QED) is 0.197. The lowest BCUT2D eigenvalue weighted by Crippen LogP contribution is -2.32. The van der Waals surface area contributed by atoms with Crippen LogP contribution in [-0.2, 0) is 0 Å². The number of hydrogen-bond acceptors (Lipinski definition) is 5. The highest BCUT2D eigenvalue weighted by Gasteiger charge is 2.09. The number of nitrogens with two attached hydrogens (primary N) is 1. The summed E-state index contributed by atoms with van der Waals surface area (Å²) in [5.74, 6) is 0.807. The summed E-state index contributed by atoms with van der Waals surface area (Å²) in [6.07, 6.45) is 2.66. The fourth-order valence-electron chi connectivity index (χ4n) is 2.99. The number of fused-ring (bicyclic) bond motifs is 1. The van der Waals surface area contributed by atoms with Crippen LogP contribution in [-0.4, -0.2) is 40.6 Å². The minimum Gasteiger partial charge on any atom is -0.375 e. The number of benzene rings is 1. The third-order valence-electron chi connectivity index (χ3n) is 4.57. The number of aromatic amines is 1. The highest BCUT2D eigenvalue weighted by atomic mass is 16.1. The second kappa shape index (κ2) is 8.57. The average molecular weight is 382 g/mol. The number of nitrogens with zero attached hydrogens (tertiary/aromatic N) is 2. The molecule has 0 radical (unpaired) electrons. The van der Waals surface area contributed by atoms with Crippen molar-refractivity contribution in [3.8, 4) is 5.69 Å². The van der Waals surface area contributed by atoms with Crippen LogP contribution in [0.15, 0.2) is 41.3 Å². The number of H-pyrrole nitrogens is 1. The zero-order chi connectivity index (χ0) is 20.1. The SMILES string of the molecule is CNc1cc2cn(-c3ccc([C@H](C)NCCCNC(=N)N)cc3)c(=O)nc2[nH]1. The Hall–Kier alpha value is -3.33. The molecular formula is C19H26N8O. The molecule has 148 valence electrons. The molecule has 3 rings (SSSR count). The Labute approximate surface area is 162 Å². The first-order chi connectivity index (χ1) is 13.5. The van der Waals surface area contributed by atoms with Crippen LogP contribution in [0.2, 0.25) is 0 Å². The summed E-state index contributed by atoms with van der Waals surface area (Å²) in [6, 6.07) is 9.95. The number of hydrogen-bond donors (Lipinski definition) is 6. The standard InChI is InChI=1S/C19H26N8O/c1-12(23-8-3-9-24-18(20)21)13-4-6-15(7-5-13)27-11-14-10-16(22-2)25-17(14)26-19(27)28/h4-7,10-12,22-23H,3,8-9H2,1-2H3,(H4,20,21,24)(H,25,26,28)/t12-/m0/s1. The van der Waals surface area contributed by atoms with Crippen LogP contribution in [0, 0.1) is 5.41 Å². The minimum atomic E-state index is -0.325. The summed E-state index contributed by atoms with van der Waals surface area (Å²) in [6.45, 7) is 3.57. The van der Waals surface area contributed by atoms with E-state index in [4.69, 9.17) is 11.1 Å². The summed E-state index contributed by atoms with van der Waals surface area (Å²) in [7, 11) is 1.81. The summed E-state index contributed by atoms with van der Waals surface area (Å²) in [5, 5.41) is 17.2.